The molecule has 23 nitrogen and oxygen atoms in total. The van der Waals surface area contributed by atoms with Crippen molar-refractivity contribution in [1.29, 1.82) is 0 Å². The summed E-state index contributed by atoms with van der Waals surface area (Å²) in [5, 5.41) is 37.9. The van der Waals surface area contributed by atoms with Gasteiger partial charge in [-0.1, -0.05) is 238 Å². The number of para-hydroxylation sites is 1. The van der Waals surface area contributed by atoms with Crippen molar-refractivity contribution in [2.75, 3.05) is 0 Å². The number of imidazole rings is 4. The van der Waals surface area contributed by atoms with Gasteiger partial charge >= 0.3 is 0 Å². The van der Waals surface area contributed by atoms with Crippen LogP contribution in [0.5, 0.6) is 0 Å². The number of halogens is 2. The summed E-state index contributed by atoms with van der Waals surface area (Å²) in [5.41, 5.74) is 23.4. The Morgan fingerprint density at radius 3 is 1.19 bits per heavy atom. The van der Waals surface area contributed by atoms with Gasteiger partial charge in [-0.15, -0.1) is 0 Å². The minimum absolute atomic E-state index is 0.0567. The van der Waals surface area contributed by atoms with E-state index in [9.17, 15) is 35.1 Å². The van der Waals surface area contributed by atoms with Crippen molar-refractivity contribution in [3.05, 3.63) is 372 Å². The maximum Gasteiger partial charge on any atom is 0.293 e. The number of nitrogens with zero attached hydrogens (tertiary/aromatic N) is 7. The predicted octanol–water partition coefficient (Wildman–Crippen LogP) is 24.8. The van der Waals surface area contributed by atoms with E-state index in [1.807, 2.05) is 189 Å². The first-order valence-corrected chi connectivity index (χ1v) is 39.4. The highest BCUT2D eigenvalue weighted by atomic mass is 79.9. The number of nitro groups is 3. The molecule has 8 aromatic heterocycles. The summed E-state index contributed by atoms with van der Waals surface area (Å²) < 4.78 is 6.90. The molecule has 0 unspecified atom stereocenters. The molecule has 20 aromatic rings. The number of fused-ring (bicyclic) bond motifs is 4. The molecule has 0 saturated carbocycles. The molecule has 0 radical (unpaired) electrons. The molecule has 8 heterocycles. The Balaban J connectivity index is 0.000000114. The Morgan fingerprint density at radius 1 is 0.333 bits per heavy atom. The third-order valence-electron chi connectivity index (χ3n) is 20.4. The van der Waals surface area contributed by atoms with Crippen LogP contribution in [-0.4, -0.2) is 81.0 Å². The zero-order valence-corrected chi connectivity index (χ0v) is 66.7. The highest BCUT2D eigenvalue weighted by Gasteiger charge is 2.25. The minimum atomic E-state index is -0.464. The summed E-state index contributed by atoms with van der Waals surface area (Å²) in [7, 11) is 0. The number of nitro benzene ring substituents is 3. The molecule has 20 rings (SSSR count). The van der Waals surface area contributed by atoms with Gasteiger partial charge in [0.25, 0.3) is 23.5 Å². The van der Waals surface area contributed by atoms with Gasteiger partial charge in [-0.25, -0.2) is 19.9 Å². The summed E-state index contributed by atoms with van der Waals surface area (Å²) in [5.74, 6) is 2.95. The van der Waals surface area contributed by atoms with E-state index in [1.54, 1.807) is 36.4 Å². The predicted molar refractivity (Wildman–Crippen MR) is 478 cm³/mol. The van der Waals surface area contributed by atoms with Crippen LogP contribution >= 0.6 is 31.9 Å². The Kier molecular flexibility index (Phi) is 21.8. The Labute approximate surface area is 700 Å². The van der Waals surface area contributed by atoms with Crippen molar-refractivity contribution in [3.63, 3.8) is 0 Å². The fraction of sp³-hybridized carbons (Fsp3) is 0.0211. The van der Waals surface area contributed by atoms with Crippen molar-refractivity contribution < 1.29 is 24.3 Å². The topological polar surface area (TPSA) is 334 Å². The molecule has 8 N–H and O–H groups in total. The number of aromatic nitrogens is 12. The molecular weight excluding hydrogens is 1640 g/mol. The quantitative estimate of drug-likeness (QED) is 0.0226. The summed E-state index contributed by atoms with van der Waals surface area (Å²) in [6.45, 7) is 2.66. The van der Waals surface area contributed by atoms with Crippen LogP contribution in [-0.2, 0) is 16.1 Å². The Hall–Kier alpha value is -15.7. The lowest BCUT2D eigenvalue weighted by molar-refractivity contribution is -0.385. The third kappa shape index (κ3) is 16.1. The monoisotopic (exact) mass is 1700 g/mol. The molecule has 25 heteroatoms. The second-order valence-corrected chi connectivity index (χ2v) is 29.8. The van der Waals surface area contributed by atoms with Crippen molar-refractivity contribution in [3.8, 4) is 136 Å². The molecule has 0 aliphatic rings. The number of rotatable bonds is 18. The van der Waals surface area contributed by atoms with E-state index in [0.29, 0.717) is 34.8 Å². The van der Waals surface area contributed by atoms with Gasteiger partial charge in [-0.3, -0.25) is 35.1 Å². The van der Waals surface area contributed by atoms with Crippen LogP contribution in [0.25, 0.3) is 179 Å². The van der Waals surface area contributed by atoms with Crippen LogP contribution in [0, 0.1) is 37.3 Å². The van der Waals surface area contributed by atoms with E-state index in [-0.39, 0.29) is 23.7 Å². The molecule has 120 heavy (non-hydrogen) atoms. The van der Waals surface area contributed by atoms with Gasteiger partial charge in [0.15, 0.2) is 0 Å². The highest BCUT2D eigenvalue weighted by Crippen LogP contribution is 2.43. The highest BCUT2D eigenvalue weighted by molar-refractivity contribution is 9.10. The van der Waals surface area contributed by atoms with Gasteiger partial charge in [0.2, 0.25) is 0 Å². The maximum absolute atomic E-state index is 11.3. The average molecular weight is 1710 g/mol. The third-order valence-corrected chi connectivity index (χ3v) is 21.4. The van der Waals surface area contributed by atoms with Gasteiger partial charge in [0.1, 0.15) is 29.9 Å². The molecule has 0 amide bonds. The largest absolute Gasteiger partial charge is 0.463 e. The smallest absolute Gasteiger partial charge is 0.293 e. The lowest BCUT2D eigenvalue weighted by Gasteiger charge is -2.03. The number of ether oxygens (including phenoxy) is 1. The molecule has 584 valence electrons. The van der Waals surface area contributed by atoms with Crippen LogP contribution in [0.3, 0.4) is 0 Å². The summed E-state index contributed by atoms with van der Waals surface area (Å²) >= 11 is 7.11. The normalized spacial score (nSPS) is 11.1. The number of non-ortho nitro benzene ring substituents is 3. The lowest BCUT2D eigenvalue weighted by atomic mass is 10.0. The first-order chi connectivity index (χ1) is 58.6. The van der Waals surface area contributed by atoms with Gasteiger partial charge in [0, 0.05) is 180 Å². The first-order valence-electron chi connectivity index (χ1n) is 37.8. The second-order valence-electron chi connectivity index (χ2n) is 27.9. The number of nitrogens with one attached hydrogen (secondary N) is 8. The number of H-pyrrole nitrogens is 8. The van der Waals surface area contributed by atoms with E-state index in [1.165, 1.54) is 36.4 Å². The number of hydrogen-bond acceptors (Lipinski definition) is 12. The van der Waals surface area contributed by atoms with Crippen molar-refractivity contribution in [2.45, 2.75) is 13.5 Å². The molecule has 0 aliphatic heterocycles. The molecule has 0 saturated heterocycles. The van der Waals surface area contributed by atoms with Crippen LogP contribution < -0.4 is 0 Å². The van der Waals surface area contributed by atoms with E-state index in [0.717, 1.165) is 171 Å². The first kappa shape index (κ1) is 76.9. The van der Waals surface area contributed by atoms with Crippen LogP contribution in [0.15, 0.2) is 331 Å². The summed E-state index contributed by atoms with van der Waals surface area (Å²) in [6, 6.07) is 95.9. The standard InChI is InChI=1S/C25H19N3O2.C24H17N5O4.C23H15BrN4O2.C23H16BrN3/c29-16-30-15-17-11-12-20-21(14-26-22(20)13-17)25-27-23(18-7-3-1-4-8-18)24(28-25)19-9-5-2-6-10-19;1-14-21(19-10-2-3-11-20(19)25-14)24-26-22(15-6-4-8-17(12-15)28(30)31)23(27-24)16-7-5-9-18(13-16)29(32)33;24-16-8-11-20-18(12-16)19(13-25-20)23-26-21(14-4-2-1-3-5-14)22(27-23)15-6-9-17(10-7-15)28(29)30;24-17-11-12-20-18(13-17)19(14-25-20)23-26-21(15-7-3-1-4-8-15)22(27-23)16-9-5-2-6-10-16/h1-14,16,26H,15H2,(H,27,28);2-13,25H,1H3,(H,26,27);1-13,25H,(H,26,27);1-14,25H,(H,26,27). The summed E-state index contributed by atoms with van der Waals surface area (Å²) in [6.07, 6.45) is 5.90. The SMILES string of the molecule is Brc1ccc2[nH]cc(-c3nc(-c4ccccc4)c(-c4ccccc4)[nH]3)c2c1.Cc1[nH]c2ccccc2c1-c1nc(-c2cccc([N+](=O)[O-])c2)c(-c2cccc([N+](=O)[O-])c2)[nH]1.O=COCc1ccc2c(-c3nc(-c4ccccc4)c(-c4ccccc4)[nH]3)c[nH]c2c1.O=[N+]([O-])c1ccc(-c2[nH]c(-c3c[nH]c4ccc(Br)cc34)nc2-c2ccccc2)cc1. The molecule has 12 aromatic carbocycles. The number of aryl methyl sites for hydroxylation is 1. The molecule has 0 bridgehead atoms. The van der Waals surface area contributed by atoms with Crippen molar-refractivity contribution >= 4 is 99.0 Å². The Morgan fingerprint density at radius 2 is 0.717 bits per heavy atom. The van der Waals surface area contributed by atoms with Crippen molar-refractivity contribution in [1.82, 2.24) is 59.8 Å². The van der Waals surface area contributed by atoms with E-state index < -0.39 is 14.8 Å². The zero-order valence-electron chi connectivity index (χ0n) is 63.5. The molecular formula is C95H67Br2N15O8. The van der Waals surface area contributed by atoms with Crippen molar-refractivity contribution in [2.24, 2.45) is 0 Å². The fourth-order valence-corrected chi connectivity index (χ4v) is 15.4. The van der Waals surface area contributed by atoms with Gasteiger partial charge in [-0.2, -0.15) is 0 Å². The maximum atomic E-state index is 11.3. The number of carbonyl (C=O) groups is 1. The zero-order chi connectivity index (χ0) is 82.3. The minimum Gasteiger partial charge on any atom is -0.463 e. The van der Waals surface area contributed by atoms with Crippen LogP contribution in [0.2, 0.25) is 0 Å². The van der Waals surface area contributed by atoms with Gasteiger partial charge < -0.3 is 44.6 Å². The van der Waals surface area contributed by atoms with Gasteiger partial charge in [-0.05, 0) is 73.2 Å². The van der Waals surface area contributed by atoms with Gasteiger partial charge in [0.05, 0.1) is 60.3 Å². The number of aromatic amines is 8. The number of hydrogen-bond donors (Lipinski definition) is 8. The second kappa shape index (κ2) is 34.0. The lowest BCUT2D eigenvalue weighted by Crippen LogP contribution is -1.91. The van der Waals surface area contributed by atoms with E-state index in [2.05, 4.69) is 138 Å². The molecule has 0 spiro atoms. The Bertz CT molecular complexity index is 6970. The van der Waals surface area contributed by atoms with E-state index in [4.69, 9.17) is 24.7 Å². The average Bonchev–Trinajstić information content (AvgIpc) is 1.65. The molecule has 0 atom stereocenters. The van der Waals surface area contributed by atoms with Crippen LogP contribution in [0.4, 0.5) is 17.1 Å². The number of benzene rings is 12. The fourth-order valence-electron chi connectivity index (χ4n) is 14.7. The van der Waals surface area contributed by atoms with Crippen LogP contribution in [0.1, 0.15) is 11.3 Å². The molecule has 0 fully saturated rings. The number of carbonyl (C=O) groups excluding carboxylic acids is 1. The van der Waals surface area contributed by atoms with E-state index >= 15 is 0 Å². The summed E-state index contributed by atoms with van der Waals surface area (Å²) in [4.78, 5) is 89.7. The molecule has 0 aliphatic carbocycles.